The molecule has 0 spiro atoms. The Labute approximate surface area is 113 Å². The third-order valence-corrected chi connectivity index (χ3v) is 4.10. The molecule has 0 aromatic heterocycles. The predicted octanol–water partition coefficient (Wildman–Crippen LogP) is 3.31. The van der Waals surface area contributed by atoms with Crippen LogP contribution in [-0.4, -0.2) is 35.4 Å². The normalized spacial score (nSPS) is 13.0. The Hall–Kier alpha value is -0.580. The van der Waals surface area contributed by atoms with Crippen molar-refractivity contribution in [1.29, 1.82) is 0 Å². The molecule has 1 aromatic carbocycles. The fourth-order valence-electron chi connectivity index (χ4n) is 1.82. The molecular formula is C14H22FNOS. The molecule has 1 rings (SSSR count). The third-order valence-electron chi connectivity index (χ3n) is 3.00. The maximum absolute atomic E-state index is 13.8. The van der Waals surface area contributed by atoms with Crippen LogP contribution in [0.2, 0.25) is 0 Å². The quantitative estimate of drug-likeness (QED) is 0.770. The lowest BCUT2D eigenvalue weighted by molar-refractivity contribution is 0.195. The van der Waals surface area contributed by atoms with Crippen molar-refractivity contribution in [1.82, 2.24) is 4.90 Å². The van der Waals surface area contributed by atoms with Gasteiger partial charge >= 0.3 is 0 Å². The van der Waals surface area contributed by atoms with Crippen LogP contribution in [-0.2, 0) is 0 Å². The highest BCUT2D eigenvalue weighted by molar-refractivity contribution is 7.99. The average molecular weight is 271 g/mol. The molecule has 1 aromatic rings. The van der Waals surface area contributed by atoms with E-state index < -0.39 is 6.10 Å². The average Bonchev–Trinajstić information content (AvgIpc) is 2.36. The summed E-state index contributed by atoms with van der Waals surface area (Å²) in [6.45, 7) is 8.88. The standard InChI is InChI=1S/C14H22FNOS/c1-4-16(5-2)9-10-18-14-12(11(3)17)7-6-8-13(14)15/h6-8,11,17H,4-5,9-10H2,1-3H3/t11-/m0/s1. The van der Waals surface area contributed by atoms with Crippen LogP contribution >= 0.6 is 11.8 Å². The minimum absolute atomic E-state index is 0.238. The van der Waals surface area contributed by atoms with Gasteiger partial charge in [-0.15, -0.1) is 11.8 Å². The smallest absolute Gasteiger partial charge is 0.137 e. The summed E-state index contributed by atoms with van der Waals surface area (Å²) in [5, 5.41) is 9.64. The van der Waals surface area contributed by atoms with E-state index in [4.69, 9.17) is 0 Å². The second-order valence-corrected chi connectivity index (χ2v) is 5.31. The van der Waals surface area contributed by atoms with E-state index in [0.29, 0.717) is 10.5 Å². The van der Waals surface area contributed by atoms with Crippen molar-refractivity contribution in [3.8, 4) is 0 Å². The zero-order valence-corrected chi connectivity index (χ0v) is 12.1. The molecule has 0 fully saturated rings. The molecule has 0 saturated carbocycles. The van der Waals surface area contributed by atoms with Crippen molar-refractivity contribution >= 4 is 11.8 Å². The lowest BCUT2D eigenvalue weighted by Crippen LogP contribution is -2.25. The molecule has 0 unspecified atom stereocenters. The van der Waals surface area contributed by atoms with Crippen LogP contribution in [0.15, 0.2) is 23.1 Å². The number of benzene rings is 1. The topological polar surface area (TPSA) is 23.5 Å². The highest BCUT2D eigenvalue weighted by Crippen LogP contribution is 2.30. The van der Waals surface area contributed by atoms with Crippen LogP contribution in [0.5, 0.6) is 0 Å². The highest BCUT2D eigenvalue weighted by atomic mass is 32.2. The summed E-state index contributed by atoms with van der Waals surface area (Å²) >= 11 is 1.48. The molecule has 2 nitrogen and oxygen atoms in total. The number of rotatable bonds is 7. The van der Waals surface area contributed by atoms with Crippen LogP contribution in [0.1, 0.15) is 32.4 Å². The fourth-order valence-corrected chi connectivity index (χ4v) is 2.99. The molecule has 1 atom stereocenters. The second kappa shape index (κ2) is 7.77. The Bertz CT molecular complexity index is 367. The maximum Gasteiger partial charge on any atom is 0.137 e. The van der Waals surface area contributed by atoms with Gasteiger partial charge in [0.15, 0.2) is 0 Å². The number of hydrogen-bond donors (Lipinski definition) is 1. The molecule has 4 heteroatoms. The third kappa shape index (κ3) is 4.26. The molecule has 0 bridgehead atoms. The molecule has 18 heavy (non-hydrogen) atoms. The first-order valence-corrected chi connectivity index (χ1v) is 7.40. The van der Waals surface area contributed by atoms with Gasteiger partial charge in [0.2, 0.25) is 0 Å². The number of hydrogen-bond acceptors (Lipinski definition) is 3. The Morgan fingerprint density at radius 3 is 2.56 bits per heavy atom. The van der Waals surface area contributed by atoms with Gasteiger partial charge in [0, 0.05) is 17.2 Å². The molecule has 0 aliphatic rings. The van der Waals surface area contributed by atoms with Gasteiger partial charge in [0.05, 0.1) is 6.10 Å². The summed E-state index contributed by atoms with van der Waals surface area (Å²) in [5.74, 6) is 0.598. The van der Waals surface area contributed by atoms with Crippen molar-refractivity contribution < 1.29 is 9.50 Å². The largest absolute Gasteiger partial charge is 0.389 e. The van der Waals surface area contributed by atoms with Crippen LogP contribution in [0, 0.1) is 5.82 Å². The zero-order chi connectivity index (χ0) is 13.5. The van der Waals surface area contributed by atoms with Gasteiger partial charge in [-0.2, -0.15) is 0 Å². The van der Waals surface area contributed by atoms with Gasteiger partial charge in [-0.05, 0) is 31.6 Å². The zero-order valence-electron chi connectivity index (χ0n) is 11.3. The first kappa shape index (κ1) is 15.5. The van der Waals surface area contributed by atoms with Crippen LogP contribution in [0.25, 0.3) is 0 Å². The number of aliphatic hydroxyl groups excluding tert-OH is 1. The molecule has 0 aliphatic heterocycles. The minimum atomic E-state index is -0.628. The fraction of sp³-hybridized carbons (Fsp3) is 0.571. The van der Waals surface area contributed by atoms with Crippen molar-refractivity contribution in [3.05, 3.63) is 29.6 Å². The SMILES string of the molecule is CCN(CC)CCSc1c(F)cccc1[C@H](C)O. The van der Waals surface area contributed by atoms with E-state index in [9.17, 15) is 9.50 Å². The predicted molar refractivity (Wildman–Crippen MR) is 75.5 cm³/mol. The summed E-state index contributed by atoms with van der Waals surface area (Å²) in [5.41, 5.74) is 0.680. The molecule has 1 N–H and O–H groups in total. The second-order valence-electron chi connectivity index (χ2n) is 4.21. The van der Waals surface area contributed by atoms with E-state index in [-0.39, 0.29) is 5.82 Å². The summed E-state index contributed by atoms with van der Waals surface area (Å²) in [7, 11) is 0. The molecule has 102 valence electrons. The van der Waals surface area contributed by atoms with E-state index in [1.807, 2.05) is 0 Å². The lowest BCUT2D eigenvalue weighted by Gasteiger charge is -2.18. The number of thioether (sulfide) groups is 1. The molecule has 0 amide bonds. The Morgan fingerprint density at radius 1 is 1.33 bits per heavy atom. The molecule has 0 radical (unpaired) electrons. The van der Waals surface area contributed by atoms with Crippen LogP contribution < -0.4 is 0 Å². The number of aliphatic hydroxyl groups is 1. The Balaban J connectivity index is 2.66. The maximum atomic E-state index is 13.8. The van der Waals surface area contributed by atoms with Crippen molar-refractivity contribution in [3.63, 3.8) is 0 Å². The van der Waals surface area contributed by atoms with Gasteiger partial charge in [-0.1, -0.05) is 26.0 Å². The summed E-state index contributed by atoms with van der Waals surface area (Å²) in [4.78, 5) is 2.88. The van der Waals surface area contributed by atoms with Gasteiger partial charge in [0.1, 0.15) is 5.82 Å². The van der Waals surface area contributed by atoms with Crippen molar-refractivity contribution in [2.45, 2.75) is 31.8 Å². The van der Waals surface area contributed by atoms with Gasteiger partial charge < -0.3 is 10.0 Å². The van der Waals surface area contributed by atoms with E-state index in [1.54, 1.807) is 19.1 Å². The number of halogens is 1. The Morgan fingerprint density at radius 2 is 2.00 bits per heavy atom. The summed E-state index contributed by atoms with van der Waals surface area (Å²) in [6.07, 6.45) is -0.628. The highest BCUT2D eigenvalue weighted by Gasteiger charge is 2.13. The number of nitrogens with zero attached hydrogens (tertiary/aromatic N) is 1. The van der Waals surface area contributed by atoms with Crippen molar-refractivity contribution in [2.75, 3.05) is 25.4 Å². The molecule has 0 heterocycles. The van der Waals surface area contributed by atoms with Gasteiger partial charge in [-0.3, -0.25) is 0 Å². The van der Waals surface area contributed by atoms with Crippen molar-refractivity contribution in [2.24, 2.45) is 0 Å². The lowest BCUT2D eigenvalue weighted by atomic mass is 10.1. The van der Waals surface area contributed by atoms with Gasteiger partial charge in [-0.25, -0.2) is 4.39 Å². The first-order valence-electron chi connectivity index (χ1n) is 6.41. The summed E-state index contributed by atoms with van der Waals surface area (Å²) < 4.78 is 13.8. The monoisotopic (exact) mass is 271 g/mol. The molecule has 0 saturated heterocycles. The van der Waals surface area contributed by atoms with E-state index in [2.05, 4.69) is 18.7 Å². The summed E-state index contributed by atoms with van der Waals surface area (Å²) in [6, 6.07) is 4.88. The van der Waals surface area contributed by atoms with Crippen LogP contribution in [0.4, 0.5) is 4.39 Å². The van der Waals surface area contributed by atoms with E-state index in [0.717, 1.165) is 25.4 Å². The minimum Gasteiger partial charge on any atom is -0.389 e. The van der Waals surface area contributed by atoms with E-state index in [1.165, 1.54) is 17.8 Å². The molecular weight excluding hydrogens is 249 g/mol. The van der Waals surface area contributed by atoms with Crippen LogP contribution in [0.3, 0.4) is 0 Å². The van der Waals surface area contributed by atoms with Gasteiger partial charge in [0.25, 0.3) is 0 Å². The first-order chi connectivity index (χ1) is 8.60. The van der Waals surface area contributed by atoms with E-state index >= 15 is 0 Å². The Kier molecular flexibility index (Phi) is 6.68. The molecule has 0 aliphatic carbocycles.